The predicted molar refractivity (Wildman–Crippen MR) is 137 cm³/mol. The molecule has 1 rings (SSSR count). The van der Waals surface area contributed by atoms with Crippen LogP contribution in [0.25, 0.3) is 0 Å². The highest BCUT2D eigenvalue weighted by atomic mass is 16.5. The van der Waals surface area contributed by atoms with Crippen molar-refractivity contribution in [1.82, 2.24) is 0 Å². The van der Waals surface area contributed by atoms with Gasteiger partial charge in [-0.15, -0.1) is 0 Å². The average molecular weight is 447 g/mol. The van der Waals surface area contributed by atoms with Gasteiger partial charge in [-0.2, -0.15) is 0 Å². The summed E-state index contributed by atoms with van der Waals surface area (Å²) in [6.07, 6.45) is 15.5. The first-order chi connectivity index (χ1) is 15.0. The van der Waals surface area contributed by atoms with Crippen molar-refractivity contribution in [2.75, 3.05) is 6.61 Å². The molecule has 3 nitrogen and oxygen atoms in total. The van der Waals surface area contributed by atoms with Gasteiger partial charge in [-0.25, -0.2) is 4.79 Å². The molecule has 0 aromatic heterocycles. The third-order valence-corrected chi connectivity index (χ3v) is 6.19. The van der Waals surface area contributed by atoms with Crippen LogP contribution in [0, 0.1) is 0 Å². The first-order valence-electron chi connectivity index (χ1n) is 13.0. The van der Waals surface area contributed by atoms with Crippen molar-refractivity contribution in [3.63, 3.8) is 0 Å². The average Bonchev–Trinajstić information content (AvgIpc) is 2.69. The lowest BCUT2D eigenvalue weighted by Gasteiger charge is -2.28. The molecule has 0 aliphatic rings. The number of aromatic hydroxyl groups is 1. The van der Waals surface area contributed by atoms with Gasteiger partial charge in [0.1, 0.15) is 5.75 Å². The monoisotopic (exact) mass is 446 g/mol. The van der Waals surface area contributed by atoms with Gasteiger partial charge in [0.2, 0.25) is 0 Å². The quantitative estimate of drug-likeness (QED) is 0.229. The highest BCUT2D eigenvalue weighted by molar-refractivity contribution is 5.90. The first kappa shape index (κ1) is 28.5. The fourth-order valence-electron chi connectivity index (χ4n) is 4.09. The maximum absolute atomic E-state index is 12.7. The van der Waals surface area contributed by atoms with Crippen molar-refractivity contribution in [3.8, 4) is 5.75 Å². The smallest absolute Gasteiger partial charge is 0.338 e. The fourth-order valence-corrected chi connectivity index (χ4v) is 4.09. The van der Waals surface area contributed by atoms with Gasteiger partial charge in [-0.05, 0) is 29.4 Å². The lowest BCUT2D eigenvalue weighted by atomic mass is 9.78. The van der Waals surface area contributed by atoms with Crippen LogP contribution in [0.15, 0.2) is 12.1 Å². The zero-order chi connectivity index (χ0) is 24.2. The Morgan fingerprint density at radius 2 is 1.09 bits per heavy atom. The van der Waals surface area contributed by atoms with Crippen LogP contribution >= 0.6 is 0 Å². The molecule has 0 aliphatic carbocycles. The molecule has 0 bridgehead atoms. The zero-order valence-corrected chi connectivity index (χ0v) is 22.1. The molecule has 184 valence electrons. The molecule has 1 N–H and O–H groups in total. The number of hydrogen-bond acceptors (Lipinski definition) is 3. The van der Waals surface area contributed by atoms with Crippen molar-refractivity contribution in [2.45, 2.75) is 136 Å². The largest absolute Gasteiger partial charge is 0.507 e. The summed E-state index contributed by atoms with van der Waals surface area (Å²) in [5.41, 5.74) is 1.62. The van der Waals surface area contributed by atoms with E-state index >= 15 is 0 Å². The van der Waals surface area contributed by atoms with E-state index in [0.29, 0.717) is 17.9 Å². The van der Waals surface area contributed by atoms with Gasteiger partial charge in [-0.1, -0.05) is 119 Å². The molecule has 0 amide bonds. The Morgan fingerprint density at radius 1 is 0.719 bits per heavy atom. The summed E-state index contributed by atoms with van der Waals surface area (Å²) in [5.74, 6) is 0.00609. The van der Waals surface area contributed by atoms with E-state index in [-0.39, 0.29) is 16.8 Å². The van der Waals surface area contributed by atoms with Crippen LogP contribution in [0.1, 0.15) is 147 Å². The lowest BCUT2D eigenvalue weighted by Crippen LogP contribution is -2.19. The molecule has 0 spiro atoms. The van der Waals surface area contributed by atoms with Crippen LogP contribution in [0.3, 0.4) is 0 Å². The SMILES string of the molecule is CCCCCCCCCCCCCCOC(=O)c1cc(C(C)(C)C)c(O)c(C(C)(C)C)c1. The number of ether oxygens (including phenoxy) is 1. The van der Waals surface area contributed by atoms with Crippen molar-refractivity contribution in [2.24, 2.45) is 0 Å². The van der Waals surface area contributed by atoms with Gasteiger partial charge in [0, 0.05) is 11.1 Å². The van der Waals surface area contributed by atoms with Gasteiger partial charge in [0.25, 0.3) is 0 Å². The molecule has 0 radical (unpaired) electrons. The van der Waals surface area contributed by atoms with Gasteiger partial charge in [0.05, 0.1) is 12.2 Å². The Morgan fingerprint density at radius 3 is 1.47 bits per heavy atom. The van der Waals surface area contributed by atoms with Crippen LogP contribution in [0.4, 0.5) is 0 Å². The molecule has 0 saturated carbocycles. The van der Waals surface area contributed by atoms with E-state index in [4.69, 9.17) is 4.74 Å². The summed E-state index contributed by atoms with van der Waals surface area (Å²) in [5, 5.41) is 10.8. The Hall–Kier alpha value is -1.51. The molecule has 0 fully saturated rings. The molecule has 0 unspecified atom stereocenters. The van der Waals surface area contributed by atoms with Crippen LogP contribution in [-0.2, 0) is 15.6 Å². The van der Waals surface area contributed by atoms with E-state index in [9.17, 15) is 9.90 Å². The highest BCUT2D eigenvalue weighted by Crippen LogP contribution is 2.39. The van der Waals surface area contributed by atoms with E-state index in [0.717, 1.165) is 24.0 Å². The standard InChI is InChI=1S/C29H50O3/c1-8-9-10-11-12-13-14-15-16-17-18-19-20-32-27(31)23-21-24(28(2,3)4)26(30)25(22-23)29(5,6)7/h21-22,30H,8-20H2,1-7H3. The minimum absolute atomic E-state index is 0.254. The molecule has 0 saturated heterocycles. The molecular formula is C29H50O3. The number of phenols is 1. The van der Waals surface area contributed by atoms with Crippen LogP contribution in [0.5, 0.6) is 5.75 Å². The molecule has 1 aromatic rings. The number of esters is 1. The molecule has 0 heterocycles. The predicted octanol–water partition coefficient (Wildman–Crippen LogP) is 8.85. The summed E-state index contributed by atoms with van der Waals surface area (Å²) in [6.45, 7) is 15.0. The third kappa shape index (κ3) is 10.4. The number of hydrogen-bond donors (Lipinski definition) is 1. The second-order valence-electron chi connectivity index (χ2n) is 11.4. The van der Waals surface area contributed by atoms with Gasteiger partial charge in [0.15, 0.2) is 0 Å². The van der Waals surface area contributed by atoms with Crippen molar-refractivity contribution in [1.29, 1.82) is 0 Å². The number of carbonyl (C=O) groups excluding carboxylic acids is 1. The van der Waals surface area contributed by atoms with Gasteiger partial charge < -0.3 is 9.84 Å². The highest BCUT2D eigenvalue weighted by Gasteiger charge is 2.28. The molecular weight excluding hydrogens is 396 g/mol. The maximum Gasteiger partial charge on any atom is 0.338 e. The van der Waals surface area contributed by atoms with E-state index in [1.54, 1.807) is 12.1 Å². The van der Waals surface area contributed by atoms with Crippen LogP contribution < -0.4 is 0 Å². The summed E-state index contributed by atoms with van der Waals surface area (Å²) >= 11 is 0. The maximum atomic E-state index is 12.7. The minimum Gasteiger partial charge on any atom is -0.507 e. The fraction of sp³-hybridized carbons (Fsp3) is 0.759. The number of carbonyl (C=O) groups is 1. The Labute approximate surface area is 198 Å². The normalized spacial score (nSPS) is 12.2. The van der Waals surface area contributed by atoms with E-state index < -0.39 is 0 Å². The number of phenolic OH excluding ortho intramolecular Hbond substituents is 1. The van der Waals surface area contributed by atoms with Crippen molar-refractivity contribution >= 4 is 5.97 Å². The Bertz CT molecular complexity index is 642. The van der Waals surface area contributed by atoms with E-state index in [1.807, 2.05) is 0 Å². The second kappa shape index (κ2) is 13.9. The summed E-state index contributed by atoms with van der Waals surface area (Å²) < 4.78 is 5.57. The van der Waals surface area contributed by atoms with Gasteiger partial charge in [-0.3, -0.25) is 0 Å². The molecule has 0 atom stereocenters. The second-order valence-corrected chi connectivity index (χ2v) is 11.4. The Kier molecular flexibility index (Phi) is 12.4. The van der Waals surface area contributed by atoms with Gasteiger partial charge >= 0.3 is 5.97 Å². The topological polar surface area (TPSA) is 46.5 Å². The molecule has 32 heavy (non-hydrogen) atoms. The van der Waals surface area contributed by atoms with Crippen LogP contribution in [0.2, 0.25) is 0 Å². The summed E-state index contributed by atoms with van der Waals surface area (Å²) in [6, 6.07) is 3.60. The Balaban J connectivity index is 2.39. The van der Waals surface area contributed by atoms with Crippen LogP contribution in [-0.4, -0.2) is 17.7 Å². The van der Waals surface area contributed by atoms with Crippen molar-refractivity contribution < 1.29 is 14.6 Å². The minimum atomic E-state index is -0.288. The number of unbranched alkanes of at least 4 members (excludes halogenated alkanes) is 11. The first-order valence-corrected chi connectivity index (χ1v) is 13.0. The van der Waals surface area contributed by atoms with Crippen molar-refractivity contribution in [3.05, 3.63) is 28.8 Å². The molecule has 0 aliphatic heterocycles. The summed E-state index contributed by atoms with van der Waals surface area (Å²) in [4.78, 5) is 12.7. The number of benzene rings is 1. The number of rotatable bonds is 14. The molecule has 1 aromatic carbocycles. The zero-order valence-electron chi connectivity index (χ0n) is 22.1. The lowest BCUT2D eigenvalue weighted by molar-refractivity contribution is 0.0497. The molecule has 3 heteroatoms. The van der Waals surface area contributed by atoms with E-state index in [2.05, 4.69) is 48.5 Å². The van der Waals surface area contributed by atoms with E-state index in [1.165, 1.54) is 64.2 Å². The summed E-state index contributed by atoms with van der Waals surface area (Å²) in [7, 11) is 0. The third-order valence-electron chi connectivity index (χ3n) is 6.19.